The van der Waals surface area contributed by atoms with E-state index in [9.17, 15) is 14.4 Å². The predicted molar refractivity (Wildman–Crippen MR) is 57.5 cm³/mol. The number of carbonyl (C=O) groups is 3. The number of rotatable bonds is 4. The van der Waals surface area contributed by atoms with Gasteiger partial charge in [0.1, 0.15) is 12.7 Å². The van der Waals surface area contributed by atoms with Gasteiger partial charge < -0.3 is 18.9 Å². The maximum atomic E-state index is 11.0. The Labute approximate surface area is 104 Å². The van der Waals surface area contributed by atoms with Crippen molar-refractivity contribution in [1.29, 1.82) is 0 Å². The highest BCUT2D eigenvalue weighted by molar-refractivity contribution is 5.67. The molecule has 1 aliphatic heterocycles. The predicted octanol–water partition coefficient (Wildman–Crippen LogP) is -0.188. The number of esters is 3. The Balaban J connectivity index is 2.63. The standard InChI is InChI=1S/C11H16O7/c1-6(12)15-4-9-11(18-8(3)14)10(5-16-9)17-7(2)13/h9-11H,4-5H2,1-3H3/t9-,10?,11-/m1/s1. The van der Waals surface area contributed by atoms with Crippen molar-refractivity contribution in [3.63, 3.8) is 0 Å². The van der Waals surface area contributed by atoms with Gasteiger partial charge in [-0.2, -0.15) is 0 Å². The number of hydrogen-bond donors (Lipinski definition) is 0. The van der Waals surface area contributed by atoms with Gasteiger partial charge in [0.15, 0.2) is 12.2 Å². The van der Waals surface area contributed by atoms with Crippen molar-refractivity contribution in [3.05, 3.63) is 0 Å². The van der Waals surface area contributed by atoms with Crippen molar-refractivity contribution in [3.8, 4) is 0 Å². The third-order valence-electron chi connectivity index (χ3n) is 2.28. The van der Waals surface area contributed by atoms with Gasteiger partial charge in [0.25, 0.3) is 0 Å². The summed E-state index contributed by atoms with van der Waals surface area (Å²) in [6, 6.07) is 0. The summed E-state index contributed by atoms with van der Waals surface area (Å²) in [5.74, 6) is -1.47. The van der Waals surface area contributed by atoms with Crippen molar-refractivity contribution in [2.45, 2.75) is 39.1 Å². The minimum atomic E-state index is -0.759. The largest absolute Gasteiger partial charge is 0.463 e. The van der Waals surface area contributed by atoms with Crippen LogP contribution in [0.25, 0.3) is 0 Å². The fourth-order valence-corrected chi connectivity index (χ4v) is 1.65. The van der Waals surface area contributed by atoms with Crippen LogP contribution in [0, 0.1) is 0 Å². The van der Waals surface area contributed by atoms with Crippen molar-refractivity contribution >= 4 is 17.9 Å². The average molecular weight is 260 g/mol. The van der Waals surface area contributed by atoms with Crippen LogP contribution >= 0.6 is 0 Å². The molecule has 1 saturated heterocycles. The molecule has 0 aromatic heterocycles. The van der Waals surface area contributed by atoms with E-state index in [0.717, 1.165) is 0 Å². The molecule has 7 heteroatoms. The normalized spacial score (nSPS) is 26.5. The van der Waals surface area contributed by atoms with Crippen LogP contribution in [0.2, 0.25) is 0 Å². The molecule has 102 valence electrons. The molecule has 0 amide bonds. The lowest BCUT2D eigenvalue weighted by Gasteiger charge is -2.21. The van der Waals surface area contributed by atoms with Gasteiger partial charge in [-0.1, -0.05) is 0 Å². The first-order chi connectivity index (χ1) is 8.40. The van der Waals surface area contributed by atoms with Gasteiger partial charge in [-0.3, -0.25) is 14.4 Å². The summed E-state index contributed by atoms with van der Waals surface area (Å²) in [4.78, 5) is 32.6. The fraction of sp³-hybridized carbons (Fsp3) is 0.727. The van der Waals surface area contributed by atoms with E-state index in [1.807, 2.05) is 0 Å². The highest BCUT2D eigenvalue weighted by Crippen LogP contribution is 2.21. The quantitative estimate of drug-likeness (QED) is 0.511. The van der Waals surface area contributed by atoms with Crippen molar-refractivity contribution < 1.29 is 33.3 Å². The number of hydrogen-bond acceptors (Lipinski definition) is 7. The molecule has 18 heavy (non-hydrogen) atoms. The van der Waals surface area contributed by atoms with Crippen LogP contribution in [0.5, 0.6) is 0 Å². The van der Waals surface area contributed by atoms with Crippen LogP contribution in [0.4, 0.5) is 0 Å². The first-order valence-corrected chi connectivity index (χ1v) is 5.49. The lowest BCUT2D eigenvalue weighted by Crippen LogP contribution is -2.39. The second-order valence-electron chi connectivity index (χ2n) is 3.90. The zero-order valence-electron chi connectivity index (χ0n) is 10.5. The van der Waals surface area contributed by atoms with Gasteiger partial charge in [-0.25, -0.2) is 0 Å². The molecule has 0 aromatic rings. The van der Waals surface area contributed by atoms with E-state index in [1.54, 1.807) is 0 Å². The molecule has 0 N–H and O–H groups in total. The molecule has 1 fully saturated rings. The lowest BCUT2D eigenvalue weighted by molar-refractivity contribution is -0.165. The SMILES string of the molecule is CC(=O)OC[C@H]1OCC(OC(C)=O)[C@@H]1OC(C)=O. The highest BCUT2D eigenvalue weighted by atomic mass is 16.6. The minimum absolute atomic E-state index is 0.0506. The first-order valence-electron chi connectivity index (χ1n) is 5.49. The van der Waals surface area contributed by atoms with Crippen molar-refractivity contribution in [2.75, 3.05) is 13.2 Å². The molecule has 1 unspecified atom stereocenters. The minimum Gasteiger partial charge on any atom is -0.463 e. The maximum absolute atomic E-state index is 11.0. The second-order valence-corrected chi connectivity index (χ2v) is 3.90. The Morgan fingerprint density at radius 3 is 2.17 bits per heavy atom. The Bertz CT molecular complexity index is 338. The molecule has 0 aromatic carbocycles. The molecule has 0 radical (unpaired) electrons. The summed E-state index contributed by atoms with van der Waals surface area (Å²) in [5.41, 5.74) is 0. The zero-order chi connectivity index (χ0) is 13.7. The van der Waals surface area contributed by atoms with Crippen LogP contribution in [0.3, 0.4) is 0 Å². The molecule has 1 aliphatic rings. The monoisotopic (exact) mass is 260 g/mol. The van der Waals surface area contributed by atoms with Crippen molar-refractivity contribution in [1.82, 2.24) is 0 Å². The van der Waals surface area contributed by atoms with Crippen LogP contribution in [-0.4, -0.2) is 49.4 Å². The average Bonchev–Trinajstić information content (AvgIpc) is 2.57. The zero-order valence-corrected chi connectivity index (χ0v) is 10.5. The molecule has 0 spiro atoms. The van der Waals surface area contributed by atoms with Crippen LogP contribution in [0.15, 0.2) is 0 Å². The Morgan fingerprint density at radius 2 is 1.67 bits per heavy atom. The van der Waals surface area contributed by atoms with E-state index in [1.165, 1.54) is 20.8 Å². The van der Waals surface area contributed by atoms with Gasteiger partial charge in [0.05, 0.1) is 6.61 Å². The summed E-state index contributed by atoms with van der Waals surface area (Å²) in [6.07, 6.45) is -2.06. The summed E-state index contributed by atoms with van der Waals surface area (Å²) < 4.78 is 20.1. The Hall–Kier alpha value is -1.63. The smallest absolute Gasteiger partial charge is 0.303 e. The third kappa shape index (κ3) is 4.33. The first kappa shape index (κ1) is 14.4. The fourth-order valence-electron chi connectivity index (χ4n) is 1.65. The van der Waals surface area contributed by atoms with Crippen LogP contribution in [0.1, 0.15) is 20.8 Å². The van der Waals surface area contributed by atoms with Crippen LogP contribution < -0.4 is 0 Å². The summed E-state index contributed by atoms with van der Waals surface area (Å²) in [7, 11) is 0. The Kier molecular flexibility index (Phi) is 5.08. The molecule has 0 saturated carbocycles. The van der Waals surface area contributed by atoms with E-state index >= 15 is 0 Å². The van der Waals surface area contributed by atoms with Gasteiger partial charge in [0.2, 0.25) is 0 Å². The van der Waals surface area contributed by atoms with E-state index in [4.69, 9.17) is 18.9 Å². The van der Waals surface area contributed by atoms with Gasteiger partial charge in [-0.15, -0.1) is 0 Å². The molecule has 0 bridgehead atoms. The van der Waals surface area contributed by atoms with E-state index in [0.29, 0.717) is 0 Å². The lowest BCUT2D eigenvalue weighted by atomic mass is 10.1. The molecule has 0 aliphatic carbocycles. The number of ether oxygens (including phenoxy) is 4. The van der Waals surface area contributed by atoms with Gasteiger partial charge in [0, 0.05) is 20.8 Å². The molecular weight excluding hydrogens is 244 g/mol. The molecule has 1 rings (SSSR count). The maximum Gasteiger partial charge on any atom is 0.303 e. The van der Waals surface area contributed by atoms with Crippen LogP contribution in [-0.2, 0) is 33.3 Å². The summed E-state index contributed by atoms with van der Waals surface area (Å²) in [5, 5.41) is 0. The summed E-state index contributed by atoms with van der Waals surface area (Å²) in [6.45, 7) is 3.81. The Morgan fingerprint density at radius 1 is 1.06 bits per heavy atom. The van der Waals surface area contributed by atoms with E-state index in [-0.39, 0.29) is 13.2 Å². The third-order valence-corrected chi connectivity index (χ3v) is 2.28. The van der Waals surface area contributed by atoms with Gasteiger partial charge in [-0.05, 0) is 0 Å². The van der Waals surface area contributed by atoms with Gasteiger partial charge >= 0.3 is 17.9 Å². The van der Waals surface area contributed by atoms with Crippen molar-refractivity contribution in [2.24, 2.45) is 0 Å². The second kappa shape index (κ2) is 6.34. The number of carbonyl (C=O) groups excluding carboxylic acids is 3. The topological polar surface area (TPSA) is 88.1 Å². The molecule has 7 nitrogen and oxygen atoms in total. The molecular formula is C11H16O7. The molecule has 3 atom stereocenters. The summed E-state index contributed by atoms with van der Waals surface area (Å²) >= 11 is 0. The van der Waals surface area contributed by atoms with E-state index in [2.05, 4.69) is 0 Å². The van der Waals surface area contributed by atoms with E-state index < -0.39 is 36.2 Å². The molecule has 1 heterocycles. The highest BCUT2D eigenvalue weighted by Gasteiger charge is 2.42.